The van der Waals surface area contributed by atoms with Crippen LogP contribution in [0.2, 0.25) is 0 Å². The molecule has 0 amide bonds. The lowest BCUT2D eigenvalue weighted by molar-refractivity contribution is 0.995. The van der Waals surface area contributed by atoms with E-state index >= 15 is 0 Å². The minimum atomic E-state index is 0.638. The summed E-state index contributed by atoms with van der Waals surface area (Å²) < 4.78 is 6.86. The zero-order valence-electron chi connectivity index (χ0n) is 33.8. The van der Waals surface area contributed by atoms with E-state index in [-0.39, 0.29) is 0 Å². The molecular formula is C56H35N7. The van der Waals surface area contributed by atoms with Gasteiger partial charge in [0, 0.05) is 56.4 Å². The Kier molecular flexibility index (Phi) is 7.77. The van der Waals surface area contributed by atoms with E-state index in [9.17, 15) is 0 Å². The third kappa shape index (κ3) is 5.53. The summed E-state index contributed by atoms with van der Waals surface area (Å²) in [7, 11) is 0. The van der Waals surface area contributed by atoms with Crippen LogP contribution in [0.5, 0.6) is 0 Å². The van der Waals surface area contributed by atoms with Crippen molar-refractivity contribution in [3.63, 3.8) is 0 Å². The highest BCUT2D eigenvalue weighted by Gasteiger charge is 2.20. The molecule has 7 aromatic carbocycles. The van der Waals surface area contributed by atoms with Crippen LogP contribution in [-0.2, 0) is 0 Å². The Hall–Kier alpha value is -8.68. The lowest BCUT2D eigenvalue weighted by Gasteiger charge is -2.13. The molecule has 0 bridgehead atoms. The molecule has 0 aliphatic heterocycles. The molecule has 0 fully saturated rings. The monoisotopic (exact) mass is 805 g/mol. The number of pyridine rings is 2. The quantitative estimate of drug-likeness (QED) is 0.168. The van der Waals surface area contributed by atoms with Crippen LogP contribution in [0.3, 0.4) is 0 Å². The topological polar surface area (TPSA) is 66.3 Å². The summed E-state index contributed by atoms with van der Waals surface area (Å²) in [5.41, 5.74) is 16.5. The van der Waals surface area contributed by atoms with Gasteiger partial charge in [-0.1, -0.05) is 115 Å². The van der Waals surface area contributed by atoms with Gasteiger partial charge in [-0.25, -0.2) is 9.97 Å². The molecule has 0 N–H and O–H groups in total. The zero-order valence-corrected chi connectivity index (χ0v) is 33.8. The molecule has 7 nitrogen and oxygen atoms in total. The van der Waals surface area contributed by atoms with Crippen LogP contribution < -0.4 is 0 Å². The molecule has 0 spiro atoms. The normalized spacial score (nSPS) is 11.8. The van der Waals surface area contributed by atoms with Crippen LogP contribution in [0, 0.1) is 0 Å². The fraction of sp³-hybridized carbons (Fsp3) is 0. The first-order chi connectivity index (χ1) is 31.2. The number of rotatable bonds is 6. The lowest BCUT2D eigenvalue weighted by Crippen LogP contribution is -2.03. The predicted octanol–water partition coefficient (Wildman–Crippen LogP) is 13.6. The van der Waals surface area contributed by atoms with Crippen molar-refractivity contribution >= 4 is 65.7 Å². The first-order valence-corrected chi connectivity index (χ1v) is 21.1. The van der Waals surface area contributed by atoms with Crippen LogP contribution in [0.1, 0.15) is 0 Å². The van der Waals surface area contributed by atoms with Crippen LogP contribution in [-0.4, -0.2) is 33.6 Å². The Bertz CT molecular complexity index is 3810. The molecule has 0 saturated carbocycles. The molecule has 0 atom stereocenters. The fourth-order valence-electron chi connectivity index (χ4n) is 9.55. The van der Waals surface area contributed by atoms with Crippen LogP contribution in [0.4, 0.5) is 0 Å². The maximum atomic E-state index is 5.23. The zero-order chi connectivity index (χ0) is 41.4. The van der Waals surface area contributed by atoms with Gasteiger partial charge in [0.05, 0.1) is 44.5 Å². The largest absolute Gasteiger partial charge is 0.309 e. The molecule has 13 rings (SSSR count). The van der Waals surface area contributed by atoms with Crippen LogP contribution in [0.25, 0.3) is 117 Å². The number of aromatic nitrogens is 7. The average molecular weight is 806 g/mol. The first-order valence-electron chi connectivity index (χ1n) is 21.1. The van der Waals surface area contributed by atoms with E-state index in [0.29, 0.717) is 5.95 Å². The Balaban J connectivity index is 0.959. The highest BCUT2D eigenvalue weighted by atomic mass is 15.2. The molecule has 63 heavy (non-hydrogen) atoms. The molecule has 6 heterocycles. The van der Waals surface area contributed by atoms with E-state index in [1.807, 2.05) is 36.7 Å². The van der Waals surface area contributed by atoms with Crippen LogP contribution >= 0.6 is 0 Å². The second-order valence-electron chi connectivity index (χ2n) is 15.9. The molecule has 0 unspecified atom stereocenters. The van der Waals surface area contributed by atoms with Crippen LogP contribution in [0.15, 0.2) is 213 Å². The summed E-state index contributed by atoms with van der Waals surface area (Å²) in [6, 6.07) is 70.7. The molecule has 0 aliphatic carbocycles. The summed E-state index contributed by atoms with van der Waals surface area (Å²) in [6.45, 7) is 0. The van der Waals surface area contributed by atoms with Crippen molar-refractivity contribution < 1.29 is 0 Å². The maximum Gasteiger partial charge on any atom is 0.235 e. The number of fused-ring (bicyclic) bond motifs is 9. The van der Waals surface area contributed by atoms with Gasteiger partial charge < -0.3 is 9.13 Å². The van der Waals surface area contributed by atoms with Gasteiger partial charge in [-0.05, 0) is 96.1 Å². The van der Waals surface area contributed by atoms with Gasteiger partial charge in [-0.2, -0.15) is 0 Å². The van der Waals surface area contributed by atoms with Crippen molar-refractivity contribution in [1.29, 1.82) is 0 Å². The Morgan fingerprint density at radius 1 is 0.286 bits per heavy atom. The van der Waals surface area contributed by atoms with E-state index in [2.05, 4.69) is 190 Å². The first kappa shape index (κ1) is 35.1. The van der Waals surface area contributed by atoms with E-state index < -0.39 is 0 Å². The lowest BCUT2D eigenvalue weighted by atomic mass is 10.0. The molecule has 0 radical (unpaired) electrons. The average Bonchev–Trinajstić information content (AvgIpc) is 4.00. The van der Waals surface area contributed by atoms with Gasteiger partial charge in [0.15, 0.2) is 0 Å². The van der Waals surface area contributed by atoms with Gasteiger partial charge in [0.2, 0.25) is 5.95 Å². The van der Waals surface area contributed by atoms with E-state index in [1.54, 1.807) is 0 Å². The third-order valence-corrected chi connectivity index (χ3v) is 12.4. The van der Waals surface area contributed by atoms with Gasteiger partial charge in [0.1, 0.15) is 11.0 Å². The minimum absolute atomic E-state index is 0.638. The van der Waals surface area contributed by atoms with Crippen molar-refractivity contribution in [2.45, 2.75) is 0 Å². The predicted molar refractivity (Wildman–Crippen MR) is 257 cm³/mol. The number of nitrogens with zero attached hydrogens (tertiary/aromatic N) is 7. The summed E-state index contributed by atoms with van der Waals surface area (Å²) in [6.07, 6.45) is 3.67. The standard InChI is InChI=1S/C56H35N7/c1-3-14-36(15-4-1)46-35-47(37-16-5-2-6-17-37)60-56(59-46)63-49-23-10-8-21-43(49)45-33-39(27-29-51(45)63)38-26-28-50-44(32-38)42-20-7-9-22-48(42)61(50)40-18-11-19-41(34-40)62-52-24-12-30-57-54(52)55-53(62)25-13-31-58-55/h1-35H. The number of hydrogen-bond donors (Lipinski definition) is 0. The van der Waals surface area contributed by atoms with E-state index in [1.165, 1.54) is 10.8 Å². The van der Waals surface area contributed by atoms with Gasteiger partial charge in [0.25, 0.3) is 0 Å². The Labute approximate surface area is 361 Å². The molecule has 13 aromatic rings. The smallest absolute Gasteiger partial charge is 0.235 e. The van der Waals surface area contributed by atoms with E-state index in [0.717, 1.165) is 99.9 Å². The highest BCUT2D eigenvalue weighted by molar-refractivity contribution is 6.13. The Morgan fingerprint density at radius 2 is 0.730 bits per heavy atom. The van der Waals surface area contributed by atoms with Crippen molar-refractivity contribution in [3.8, 4) is 51.0 Å². The number of benzene rings is 7. The van der Waals surface area contributed by atoms with Gasteiger partial charge in [-0.3, -0.25) is 14.5 Å². The molecular weight excluding hydrogens is 771 g/mol. The van der Waals surface area contributed by atoms with Gasteiger partial charge in [-0.15, -0.1) is 0 Å². The van der Waals surface area contributed by atoms with E-state index in [4.69, 9.17) is 19.9 Å². The fourth-order valence-corrected chi connectivity index (χ4v) is 9.55. The molecule has 0 saturated heterocycles. The molecule has 0 aliphatic rings. The highest BCUT2D eigenvalue weighted by Crippen LogP contribution is 2.39. The third-order valence-electron chi connectivity index (χ3n) is 12.4. The second-order valence-corrected chi connectivity index (χ2v) is 15.9. The number of para-hydroxylation sites is 2. The molecule has 7 heteroatoms. The summed E-state index contributed by atoms with van der Waals surface area (Å²) >= 11 is 0. The van der Waals surface area contributed by atoms with Crippen molar-refractivity contribution in [1.82, 2.24) is 33.6 Å². The molecule has 6 aromatic heterocycles. The maximum absolute atomic E-state index is 5.23. The SMILES string of the molecule is c1ccc(-c2cc(-c3ccccc3)nc(-n3c4ccccc4c4cc(-c5ccc6c(c5)c5ccccc5n6-c5cccc(-n6c7cccnc7c7ncccc76)c5)ccc43)n2)cc1. The summed E-state index contributed by atoms with van der Waals surface area (Å²) in [4.78, 5) is 19.9. The molecule has 294 valence electrons. The summed E-state index contributed by atoms with van der Waals surface area (Å²) in [5, 5.41) is 4.69. The van der Waals surface area contributed by atoms with Crippen molar-refractivity contribution in [3.05, 3.63) is 213 Å². The minimum Gasteiger partial charge on any atom is -0.309 e. The summed E-state index contributed by atoms with van der Waals surface area (Å²) in [5.74, 6) is 0.638. The van der Waals surface area contributed by atoms with Gasteiger partial charge >= 0.3 is 0 Å². The van der Waals surface area contributed by atoms with Crippen molar-refractivity contribution in [2.75, 3.05) is 0 Å². The second kappa shape index (κ2) is 13.9. The van der Waals surface area contributed by atoms with Crippen molar-refractivity contribution in [2.24, 2.45) is 0 Å². The number of hydrogen-bond acceptors (Lipinski definition) is 4. The Morgan fingerprint density at radius 3 is 1.29 bits per heavy atom.